The summed E-state index contributed by atoms with van der Waals surface area (Å²) >= 11 is 0. The van der Waals surface area contributed by atoms with Crippen LogP contribution in [0, 0.1) is 0 Å². The van der Waals surface area contributed by atoms with Crippen molar-refractivity contribution >= 4 is 5.97 Å². The number of hydrogen-bond donors (Lipinski definition) is 0. The van der Waals surface area contributed by atoms with E-state index in [0.29, 0.717) is 5.56 Å². The van der Waals surface area contributed by atoms with Crippen molar-refractivity contribution in [1.29, 1.82) is 0 Å². The second-order valence-corrected chi connectivity index (χ2v) is 5.01. The SMILES string of the molecule is COC(=O)c1ccc(-c2cccc(CN(C)C)c2)cc1. The number of rotatable bonds is 4. The molecule has 0 heterocycles. The molecule has 0 aliphatic carbocycles. The Morgan fingerprint density at radius 2 is 1.75 bits per heavy atom. The van der Waals surface area contributed by atoms with Crippen LogP contribution in [-0.4, -0.2) is 32.1 Å². The molecule has 0 aliphatic rings. The standard InChI is InChI=1S/C17H19NO2/c1-18(2)12-13-5-4-6-16(11-13)14-7-9-15(10-8-14)17(19)20-3/h4-11H,12H2,1-3H3. The third-order valence-electron chi connectivity index (χ3n) is 3.07. The van der Waals surface area contributed by atoms with Crippen molar-refractivity contribution in [1.82, 2.24) is 4.90 Å². The number of nitrogens with zero attached hydrogens (tertiary/aromatic N) is 1. The van der Waals surface area contributed by atoms with Crippen LogP contribution in [0.3, 0.4) is 0 Å². The molecule has 0 atom stereocenters. The van der Waals surface area contributed by atoms with Crippen LogP contribution in [0.25, 0.3) is 11.1 Å². The van der Waals surface area contributed by atoms with E-state index in [1.165, 1.54) is 12.7 Å². The van der Waals surface area contributed by atoms with Crippen LogP contribution in [0.5, 0.6) is 0 Å². The molecule has 0 amide bonds. The highest BCUT2D eigenvalue weighted by atomic mass is 16.5. The summed E-state index contributed by atoms with van der Waals surface area (Å²) in [6.45, 7) is 0.911. The molecule has 0 radical (unpaired) electrons. The summed E-state index contributed by atoms with van der Waals surface area (Å²) < 4.78 is 4.70. The number of carbonyl (C=O) groups is 1. The van der Waals surface area contributed by atoms with Crippen molar-refractivity contribution in [3.63, 3.8) is 0 Å². The largest absolute Gasteiger partial charge is 0.465 e. The van der Waals surface area contributed by atoms with E-state index in [4.69, 9.17) is 4.74 Å². The van der Waals surface area contributed by atoms with E-state index in [-0.39, 0.29) is 5.97 Å². The summed E-state index contributed by atoms with van der Waals surface area (Å²) in [7, 11) is 5.50. The number of carbonyl (C=O) groups excluding carboxylic acids is 1. The zero-order chi connectivity index (χ0) is 14.5. The van der Waals surface area contributed by atoms with Crippen LogP contribution in [0.1, 0.15) is 15.9 Å². The fraction of sp³-hybridized carbons (Fsp3) is 0.235. The molecule has 0 N–H and O–H groups in total. The summed E-state index contributed by atoms with van der Waals surface area (Å²) in [5.74, 6) is -0.307. The predicted octanol–water partition coefficient (Wildman–Crippen LogP) is 3.20. The number of ether oxygens (including phenoxy) is 1. The average Bonchev–Trinajstić information content (AvgIpc) is 2.46. The highest BCUT2D eigenvalue weighted by molar-refractivity contribution is 5.89. The molecule has 0 aromatic heterocycles. The second-order valence-electron chi connectivity index (χ2n) is 5.01. The Bertz CT molecular complexity index is 588. The average molecular weight is 269 g/mol. The lowest BCUT2D eigenvalue weighted by molar-refractivity contribution is 0.0601. The fourth-order valence-electron chi connectivity index (χ4n) is 2.13. The molecule has 2 rings (SSSR count). The Balaban J connectivity index is 2.25. The molecule has 104 valence electrons. The van der Waals surface area contributed by atoms with Gasteiger partial charge in [-0.25, -0.2) is 4.79 Å². The highest BCUT2D eigenvalue weighted by Gasteiger charge is 2.05. The summed E-state index contributed by atoms with van der Waals surface area (Å²) in [5, 5.41) is 0. The lowest BCUT2D eigenvalue weighted by atomic mass is 10.0. The zero-order valence-electron chi connectivity index (χ0n) is 12.1. The lowest BCUT2D eigenvalue weighted by Gasteiger charge is -2.11. The maximum absolute atomic E-state index is 11.4. The van der Waals surface area contributed by atoms with E-state index in [1.807, 2.05) is 12.1 Å². The van der Waals surface area contributed by atoms with Crippen molar-refractivity contribution < 1.29 is 9.53 Å². The lowest BCUT2D eigenvalue weighted by Crippen LogP contribution is -2.10. The Kier molecular flexibility index (Phi) is 4.53. The molecular formula is C17H19NO2. The first-order valence-electron chi connectivity index (χ1n) is 6.52. The Morgan fingerprint density at radius 3 is 2.35 bits per heavy atom. The van der Waals surface area contributed by atoms with Gasteiger partial charge in [-0.05, 0) is 49.0 Å². The topological polar surface area (TPSA) is 29.5 Å². The van der Waals surface area contributed by atoms with E-state index >= 15 is 0 Å². The van der Waals surface area contributed by atoms with E-state index < -0.39 is 0 Å². The summed E-state index contributed by atoms with van der Waals surface area (Å²) in [5.41, 5.74) is 4.09. The molecule has 0 bridgehead atoms. The van der Waals surface area contributed by atoms with Gasteiger partial charge in [0.15, 0.2) is 0 Å². The smallest absolute Gasteiger partial charge is 0.337 e. The molecule has 3 nitrogen and oxygen atoms in total. The van der Waals surface area contributed by atoms with Crippen LogP contribution < -0.4 is 0 Å². The molecule has 0 saturated carbocycles. The van der Waals surface area contributed by atoms with Crippen molar-refractivity contribution in [2.45, 2.75) is 6.54 Å². The minimum atomic E-state index is -0.307. The molecule has 0 unspecified atom stereocenters. The minimum absolute atomic E-state index is 0.307. The van der Waals surface area contributed by atoms with E-state index in [0.717, 1.165) is 17.7 Å². The Labute approximate surface area is 119 Å². The number of methoxy groups -OCH3 is 1. The van der Waals surface area contributed by atoms with Gasteiger partial charge >= 0.3 is 5.97 Å². The quantitative estimate of drug-likeness (QED) is 0.798. The van der Waals surface area contributed by atoms with Gasteiger partial charge in [-0.1, -0.05) is 30.3 Å². The van der Waals surface area contributed by atoms with Gasteiger partial charge < -0.3 is 9.64 Å². The van der Waals surface area contributed by atoms with E-state index in [9.17, 15) is 4.79 Å². The maximum atomic E-state index is 11.4. The second kappa shape index (κ2) is 6.35. The van der Waals surface area contributed by atoms with Crippen molar-refractivity contribution in [2.24, 2.45) is 0 Å². The molecular weight excluding hydrogens is 250 g/mol. The first kappa shape index (κ1) is 14.3. The van der Waals surface area contributed by atoms with E-state index in [1.54, 1.807) is 12.1 Å². The Hall–Kier alpha value is -2.13. The van der Waals surface area contributed by atoms with Gasteiger partial charge in [0.05, 0.1) is 12.7 Å². The minimum Gasteiger partial charge on any atom is -0.465 e. The fourth-order valence-corrected chi connectivity index (χ4v) is 2.13. The summed E-state index contributed by atoms with van der Waals surface area (Å²) in [6.07, 6.45) is 0. The van der Waals surface area contributed by atoms with Crippen LogP contribution in [0.4, 0.5) is 0 Å². The van der Waals surface area contributed by atoms with Gasteiger partial charge in [-0.2, -0.15) is 0 Å². The van der Waals surface area contributed by atoms with Gasteiger partial charge in [0.2, 0.25) is 0 Å². The number of hydrogen-bond acceptors (Lipinski definition) is 3. The van der Waals surface area contributed by atoms with Crippen LogP contribution >= 0.6 is 0 Å². The molecule has 20 heavy (non-hydrogen) atoms. The highest BCUT2D eigenvalue weighted by Crippen LogP contribution is 2.21. The third-order valence-corrected chi connectivity index (χ3v) is 3.07. The molecule has 0 aliphatic heterocycles. The van der Waals surface area contributed by atoms with E-state index in [2.05, 4.69) is 43.3 Å². The van der Waals surface area contributed by atoms with Crippen molar-refractivity contribution in [3.8, 4) is 11.1 Å². The molecule has 0 fully saturated rings. The normalized spacial score (nSPS) is 10.6. The van der Waals surface area contributed by atoms with Gasteiger partial charge in [-0.15, -0.1) is 0 Å². The predicted molar refractivity (Wildman–Crippen MR) is 80.6 cm³/mol. The summed E-state index contributed by atoms with van der Waals surface area (Å²) in [4.78, 5) is 13.5. The molecule has 2 aromatic rings. The molecule has 2 aromatic carbocycles. The third kappa shape index (κ3) is 3.45. The Morgan fingerprint density at radius 1 is 1.05 bits per heavy atom. The van der Waals surface area contributed by atoms with Crippen molar-refractivity contribution in [2.75, 3.05) is 21.2 Å². The molecule has 0 spiro atoms. The van der Waals surface area contributed by atoms with Crippen molar-refractivity contribution in [3.05, 3.63) is 59.7 Å². The van der Waals surface area contributed by atoms with Gasteiger partial charge in [0.25, 0.3) is 0 Å². The monoisotopic (exact) mass is 269 g/mol. The number of esters is 1. The first-order valence-corrected chi connectivity index (χ1v) is 6.52. The van der Waals surface area contributed by atoms with Gasteiger partial charge in [0.1, 0.15) is 0 Å². The van der Waals surface area contributed by atoms with Crippen LogP contribution in [0.2, 0.25) is 0 Å². The van der Waals surface area contributed by atoms with Gasteiger partial charge in [0, 0.05) is 6.54 Å². The molecule has 3 heteroatoms. The maximum Gasteiger partial charge on any atom is 0.337 e. The first-order chi connectivity index (χ1) is 9.60. The molecule has 0 saturated heterocycles. The van der Waals surface area contributed by atoms with Crippen LogP contribution in [0.15, 0.2) is 48.5 Å². The zero-order valence-corrected chi connectivity index (χ0v) is 12.1. The van der Waals surface area contributed by atoms with Gasteiger partial charge in [-0.3, -0.25) is 0 Å². The summed E-state index contributed by atoms with van der Waals surface area (Å²) in [6, 6.07) is 15.9. The number of benzene rings is 2. The van der Waals surface area contributed by atoms with Crippen LogP contribution in [-0.2, 0) is 11.3 Å².